The summed E-state index contributed by atoms with van der Waals surface area (Å²) in [5.74, 6) is -0.988. The molecule has 3 aromatic rings. The van der Waals surface area contributed by atoms with Crippen LogP contribution >= 0.6 is 11.6 Å². The predicted molar refractivity (Wildman–Crippen MR) is 75.4 cm³/mol. The van der Waals surface area contributed by atoms with E-state index in [9.17, 15) is 9.59 Å². The summed E-state index contributed by atoms with van der Waals surface area (Å²) in [5.41, 5.74) is 1.71. The van der Waals surface area contributed by atoms with Crippen LogP contribution in [0, 0.1) is 0 Å². The van der Waals surface area contributed by atoms with Gasteiger partial charge in [-0.3, -0.25) is 4.79 Å². The van der Waals surface area contributed by atoms with Crippen molar-refractivity contribution in [2.24, 2.45) is 0 Å². The Hall–Kier alpha value is -2.53. The second kappa shape index (κ2) is 4.54. The summed E-state index contributed by atoms with van der Waals surface area (Å²) in [6, 6.07) is 7.85. The van der Waals surface area contributed by atoms with E-state index in [0.717, 1.165) is 5.56 Å². The van der Waals surface area contributed by atoms with Gasteiger partial charge in [0.2, 0.25) is 0 Å². The largest absolute Gasteiger partial charge is 0.478 e. The van der Waals surface area contributed by atoms with Crippen LogP contribution in [0.5, 0.6) is 0 Å². The Labute approximate surface area is 118 Å². The number of rotatable bonds is 2. The summed E-state index contributed by atoms with van der Waals surface area (Å²) in [4.78, 5) is 25.5. The number of carbonyl (C=O) groups is 1. The fourth-order valence-corrected chi connectivity index (χ4v) is 2.24. The van der Waals surface area contributed by atoms with Gasteiger partial charge >= 0.3 is 5.97 Å². The quantitative estimate of drug-likeness (QED) is 0.761. The maximum absolute atomic E-state index is 11.9. The van der Waals surface area contributed by atoms with Gasteiger partial charge in [-0.2, -0.15) is 0 Å². The van der Waals surface area contributed by atoms with Crippen molar-refractivity contribution in [3.8, 4) is 11.3 Å². The third-order valence-electron chi connectivity index (χ3n) is 3.01. The number of hydrogen-bond acceptors (Lipinski definition) is 2. The second-order valence-electron chi connectivity index (χ2n) is 4.33. The smallest absolute Gasteiger partial charge is 0.335 e. The Bertz CT molecular complexity index is 862. The molecule has 0 aliphatic heterocycles. The van der Waals surface area contributed by atoms with E-state index in [1.54, 1.807) is 35.0 Å². The molecule has 6 heteroatoms. The molecule has 2 heterocycles. The van der Waals surface area contributed by atoms with Crippen molar-refractivity contribution in [2.75, 3.05) is 0 Å². The van der Waals surface area contributed by atoms with Gasteiger partial charge in [0, 0.05) is 12.4 Å². The molecule has 2 N–H and O–H groups in total. The van der Waals surface area contributed by atoms with Crippen LogP contribution < -0.4 is 5.56 Å². The fraction of sp³-hybridized carbons (Fsp3) is 0. The molecule has 0 aliphatic carbocycles. The summed E-state index contributed by atoms with van der Waals surface area (Å²) < 4.78 is 1.64. The monoisotopic (exact) mass is 288 g/mol. The van der Waals surface area contributed by atoms with Gasteiger partial charge in [0.25, 0.3) is 5.56 Å². The van der Waals surface area contributed by atoms with Crippen LogP contribution in [-0.2, 0) is 0 Å². The van der Waals surface area contributed by atoms with Crippen molar-refractivity contribution in [2.45, 2.75) is 0 Å². The standard InChI is InChI=1S/C14H9ClN2O3/c15-10-5-12-13(18)16-11(7-17(12)6-10)8-1-3-9(4-2-8)14(19)20/h1-7H,(H,16,18)(H,19,20). The summed E-state index contributed by atoms with van der Waals surface area (Å²) in [5, 5.41) is 9.34. The van der Waals surface area contributed by atoms with E-state index >= 15 is 0 Å². The first-order valence-corrected chi connectivity index (χ1v) is 6.16. The lowest BCUT2D eigenvalue weighted by atomic mass is 10.1. The molecule has 0 unspecified atom stereocenters. The summed E-state index contributed by atoms with van der Waals surface area (Å²) in [6.07, 6.45) is 3.37. The molecule has 1 aromatic carbocycles. The maximum atomic E-state index is 11.9. The normalized spacial score (nSPS) is 10.8. The van der Waals surface area contributed by atoms with Crippen LogP contribution in [0.4, 0.5) is 0 Å². The zero-order valence-corrected chi connectivity index (χ0v) is 10.9. The van der Waals surface area contributed by atoms with Gasteiger partial charge < -0.3 is 14.5 Å². The number of carboxylic acids is 1. The Kier molecular flexibility index (Phi) is 2.84. The number of nitrogens with one attached hydrogen (secondary N) is 1. The fourth-order valence-electron chi connectivity index (χ4n) is 2.03. The van der Waals surface area contributed by atoms with Crippen molar-refractivity contribution in [3.63, 3.8) is 0 Å². The van der Waals surface area contributed by atoms with Crippen molar-refractivity contribution < 1.29 is 9.90 Å². The highest BCUT2D eigenvalue weighted by molar-refractivity contribution is 6.31. The molecule has 5 nitrogen and oxygen atoms in total. The minimum Gasteiger partial charge on any atom is -0.478 e. The third kappa shape index (κ3) is 2.08. The minimum absolute atomic E-state index is 0.196. The first-order valence-electron chi connectivity index (χ1n) is 5.79. The van der Waals surface area contributed by atoms with E-state index in [4.69, 9.17) is 16.7 Å². The van der Waals surface area contributed by atoms with E-state index in [1.165, 1.54) is 12.1 Å². The molecule has 2 aromatic heterocycles. The van der Waals surface area contributed by atoms with Gasteiger partial charge in [0.05, 0.1) is 16.3 Å². The number of H-pyrrole nitrogens is 1. The van der Waals surface area contributed by atoms with Crippen LogP contribution in [0.15, 0.2) is 47.5 Å². The van der Waals surface area contributed by atoms with Crippen molar-refractivity contribution in [1.82, 2.24) is 9.38 Å². The van der Waals surface area contributed by atoms with Gasteiger partial charge in [-0.15, -0.1) is 0 Å². The van der Waals surface area contributed by atoms with Gasteiger partial charge in [-0.1, -0.05) is 23.7 Å². The van der Waals surface area contributed by atoms with Gasteiger partial charge in [-0.05, 0) is 23.8 Å². The molecular formula is C14H9ClN2O3. The van der Waals surface area contributed by atoms with E-state index < -0.39 is 5.97 Å². The van der Waals surface area contributed by atoms with Crippen LogP contribution in [-0.4, -0.2) is 20.5 Å². The zero-order chi connectivity index (χ0) is 14.3. The Morgan fingerprint density at radius 2 is 1.90 bits per heavy atom. The van der Waals surface area contributed by atoms with Crippen molar-refractivity contribution >= 4 is 23.1 Å². The van der Waals surface area contributed by atoms with E-state index in [-0.39, 0.29) is 11.1 Å². The highest BCUT2D eigenvalue weighted by Gasteiger charge is 2.07. The number of benzene rings is 1. The van der Waals surface area contributed by atoms with Crippen molar-refractivity contribution in [3.05, 3.63) is 63.7 Å². The van der Waals surface area contributed by atoms with Crippen LogP contribution in [0.3, 0.4) is 0 Å². The summed E-state index contributed by atoms with van der Waals surface area (Å²) >= 11 is 5.87. The lowest BCUT2D eigenvalue weighted by Crippen LogP contribution is -2.09. The number of carboxylic acid groups (broad SMARTS) is 1. The van der Waals surface area contributed by atoms with Gasteiger partial charge in [-0.25, -0.2) is 4.79 Å². The first kappa shape index (κ1) is 12.5. The predicted octanol–water partition coefficient (Wildman–Crippen LogP) is 2.65. The molecule has 0 saturated heterocycles. The SMILES string of the molecule is O=C(O)c1ccc(-c2cn3cc(Cl)cc3c(=O)[nH]2)cc1. The summed E-state index contributed by atoms with van der Waals surface area (Å²) in [6.45, 7) is 0. The van der Waals surface area contributed by atoms with E-state index in [1.807, 2.05) is 0 Å². The number of aromatic amines is 1. The Balaban J connectivity index is 2.14. The average molecular weight is 289 g/mol. The van der Waals surface area contributed by atoms with Crippen LogP contribution in [0.2, 0.25) is 5.02 Å². The molecule has 0 atom stereocenters. The second-order valence-corrected chi connectivity index (χ2v) is 4.77. The molecule has 100 valence electrons. The number of aromatic carboxylic acids is 1. The average Bonchev–Trinajstić information content (AvgIpc) is 2.80. The number of hydrogen-bond donors (Lipinski definition) is 2. The molecule has 0 radical (unpaired) electrons. The molecule has 20 heavy (non-hydrogen) atoms. The third-order valence-corrected chi connectivity index (χ3v) is 3.21. The zero-order valence-electron chi connectivity index (χ0n) is 10.1. The number of halogens is 1. The Morgan fingerprint density at radius 3 is 2.55 bits per heavy atom. The van der Waals surface area contributed by atoms with Gasteiger partial charge in [0.1, 0.15) is 5.52 Å². The first-order chi connectivity index (χ1) is 9.54. The number of nitrogens with zero attached hydrogens (tertiary/aromatic N) is 1. The van der Waals surface area contributed by atoms with E-state index in [2.05, 4.69) is 4.98 Å². The lowest BCUT2D eigenvalue weighted by Gasteiger charge is -2.04. The van der Waals surface area contributed by atoms with Crippen LogP contribution in [0.1, 0.15) is 10.4 Å². The molecule has 0 aliphatic rings. The topological polar surface area (TPSA) is 74.6 Å². The highest BCUT2D eigenvalue weighted by atomic mass is 35.5. The maximum Gasteiger partial charge on any atom is 0.335 e. The lowest BCUT2D eigenvalue weighted by molar-refractivity contribution is 0.0697. The van der Waals surface area contributed by atoms with E-state index in [0.29, 0.717) is 16.2 Å². The minimum atomic E-state index is -0.988. The van der Waals surface area contributed by atoms with Gasteiger partial charge in [0.15, 0.2) is 0 Å². The highest BCUT2D eigenvalue weighted by Crippen LogP contribution is 2.19. The summed E-state index contributed by atoms with van der Waals surface area (Å²) in [7, 11) is 0. The molecule has 0 amide bonds. The number of aromatic nitrogens is 2. The Morgan fingerprint density at radius 1 is 1.20 bits per heavy atom. The van der Waals surface area contributed by atoms with Crippen molar-refractivity contribution in [1.29, 1.82) is 0 Å². The molecule has 0 bridgehead atoms. The molecular weight excluding hydrogens is 280 g/mol. The number of fused-ring (bicyclic) bond motifs is 1. The molecule has 0 spiro atoms. The van der Waals surface area contributed by atoms with Crippen LogP contribution in [0.25, 0.3) is 16.8 Å². The molecule has 0 saturated carbocycles. The molecule has 0 fully saturated rings. The molecule has 3 rings (SSSR count).